The first-order valence-corrected chi connectivity index (χ1v) is 8.45. The number of amides is 1. The minimum atomic E-state index is -0.919. The van der Waals surface area contributed by atoms with E-state index in [0.29, 0.717) is 30.7 Å². The molecule has 1 atom stereocenters. The molecule has 6 heteroatoms. The van der Waals surface area contributed by atoms with Crippen LogP contribution in [0.1, 0.15) is 23.2 Å². The highest BCUT2D eigenvalue weighted by Gasteiger charge is 2.29. The molecule has 2 aromatic rings. The van der Waals surface area contributed by atoms with E-state index >= 15 is 0 Å². The molecular formula is C20H20FNO4. The number of carbonyl (C=O) groups excluding carboxylic acids is 1. The van der Waals surface area contributed by atoms with E-state index in [2.05, 4.69) is 0 Å². The normalized spacial score (nSPS) is 17.0. The van der Waals surface area contributed by atoms with Crippen molar-refractivity contribution in [1.29, 1.82) is 0 Å². The summed E-state index contributed by atoms with van der Waals surface area (Å²) in [5.41, 5.74) is 1.43. The van der Waals surface area contributed by atoms with E-state index in [9.17, 15) is 14.0 Å². The van der Waals surface area contributed by atoms with Crippen molar-refractivity contribution >= 4 is 11.9 Å². The fourth-order valence-corrected chi connectivity index (χ4v) is 3.19. The number of piperidine rings is 1. The predicted molar refractivity (Wildman–Crippen MR) is 94.7 cm³/mol. The van der Waals surface area contributed by atoms with Gasteiger partial charge in [-0.2, -0.15) is 0 Å². The fourth-order valence-electron chi connectivity index (χ4n) is 3.19. The number of aliphatic carboxylic acids is 1. The first-order chi connectivity index (χ1) is 12.5. The fraction of sp³-hybridized carbons (Fsp3) is 0.300. The van der Waals surface area contributed by atoms with Gasteiger partial charge in [-0.3, -0.25) is 9.59 Å². The summed E-state index contributed by atoms with van der Waals surface area (Å²) in [6.45, 7) is 0.566. The lowest BCUT2D eigenvalue weighted by atomic mass is 9.97. The van der Waals surface area contributed by atoms with Gasteiger partial charge in [0.2, 0.25) is 0 Å². The average molecular weight is 357 g/mol. The highest BCUT2D eigenvalue weighted by atomic mass is 19.1. The molecule has 0 aliphatic carbocycles. The molecule has 1 aliphatic heterocycles. The maximum Gasteiger partial charge on any atom is 0.308 e. The highest BCUT2D eigenvalue weighted by molar-refractivity contribution is 5.95. The van der Waals surface area contributed by atoms with Gasteiger partial charge in [0, 0.05) is 13.1 Å². The number of benzene rings is 2. The third-order valence-electron chi connectivity index (χ3n) is 4.68. The molecule has 26 heavy (non-hydrogen) atoms. The molecule has 1 fully saturated rings. The second-order valence-electron chi connectivity index (χ2n) is 6.35. The van der Waals surface area contributed by atoms with Gasteiger partial charge in [-0.25, -0.2) is 4.39 Å². The number of rotatable bonds is 4. The zero-order chi connectivity index (χ0) is 18.7. The number of carbonyl (C=O) groups is 2. The summed E-state index contributed by atoms with van der Waals surface area (Å²) in [5, 5.41) is 9.14. The van der Waals surface area contributed by atoms with Crippen LogP contribution >= 0.6 is 0 Å². The molecule has 1 saturated heterocycles. The van der Waals surface area contributed by atoms with Crippen LogP contribution in [0, 0.1) is 11.7 Å². The van der Waals surface area contributed by atoms with E-state index in [1.165, 1.54) is 17.0 Å². The van der Waals surface area contributed by atoms with Gasteiger partial charge >= 0.3 is 5.97 Å². The van der Waals surface area contributed by atoms with Crippen molar-refractivity contribution in [3.8, 4) is 16.9 Å². The maximum absolute atomic E-state index is 14.6. The smallest absolute Gasteiger partial charge is 0.308 e. The van der Waals surface area contributed by atoms with Crippen LogP contribution in [0.4, 0.5) is 4.39 Å². The quantitative estimate of drug-likeness (QED) is 0.910. The number of methoxy groups -OCH3 is 1. The lowest BCUT2D eigenvalue weighted by molar-refractivity contribution is -0.143. The molecule has 0 bridgehead atoms. The number of halogens is 1. The number of hydrogen-bond acceptors (Lipinski definition) is 3. The molecule has 136 valence electrons. The Labute approximate surface area is 151 Å². The molecule has 0 spiro atoms. The predicted octanol–water partition coefficient (Wildman–Crippen LogP) is 3.44. The molecule has 1 heterocycles. The Morgan fingerprint density at radius 2 is 1.85 bits per heavy atom. The number of carboxylic acid groups (broad SMARTS) is 1. The first-order valence-electron chi connectivity index (χ1n) is 8.45. The summed E-state index contributed by atoms with van der Waals surface area (Å²) in [6.07, 6.45) is 1.15. The summed E-state index contributed by atoms with van der Waals surface area (Å²) < 4.78 is 19.7. The zero-order valence-electron chi connectivity index (χ0n) is 14.4. The lowest BCUT2D eigenvalue weighted by Crippen LogP contribution is -2.42. The summed E-state index contributed by atoms with van der Waals surface area (Å²) in [4.78, 5) is 25.2. The van der Waals surface area contributed by atoms with Crippen LogP contribution in [-0.2, 0) is 4.79 Å². The van der Waals surface area contributed by atoms with Gasteiger partial charge in [0.15, 0.2) is 0 Å². The van der Waals surface area contributed by atoms with Crippen molar-refractivity contribution in [2.45, 2.75) is 12.8 Å². The van der Waals surface area contributed by atoms with Crippen LogP contribution in [0.3, 0.4) is 0 Å². The molecule has 3 rings (SSSR count). The minimum absolute atomic E-state index is 0.0340. The first kappa shape index (κ1) is 17.9. The molecule has 2 aromatic carbocycles. The third kappa shape index (κ3) is 3.69. The Balaban J connectivity index is 1.80. The second kappa shape index (κ2) is 7.56. The van der Waals surface area contributed by atoms with Gasteiger partial charge in [-0.15, -0.1) is 0 Å². The standard InChI is InChI=1S/C20H20FNO4/c1-26-16-7-4-13(5-8-16)14-6-9-17(18(21)11-14)19(23)22-10-2-3-15(12-22)20(24)25/h4-9,11,15H,2-3,10,12H2,1H3,(H,24,25). The maximum atomic E-state index is 14.6. The Kier molecular flexibility index (Phi) is 5.21. The van der Waals surface area contributed by atoms with E-state index in [-0.39, 0.29) is 12.1 Å². The van der Waals surface area contributed by atoms with Crippen LogP contribution in [0.25, 0.3) is 11.1 Å². The van der Waals surface area contributed by atoms with Gasteiger partial charge in [0.25, 0.3) is 5.91 Å². The van der Waals surface area contributed by atoms with Crippen LogP contribution < -0.4 is 4.74 Å². The largest absolute Gasteiger partial charge is 0.497 e. The van der Waals surface area contributed by atoms with Gasteiger partial charge in [0.05, 0.1) is 18.6 Å². The molecule has 1 aliphatic rings. The van der Waals surface area contributed by atoms with Gasteiger partial charge in [0.1, 0.15) is 11.6 Å². The SMILES string of the molecule is COc1ccc(-c2ccc(C(=O)N3CCCC(C(=O)O)C3)c(F)c2)cc1. The Bertz CT molecular complexity index is 819. The number of likely N-dealkylation sites (tertiary alicyclic amines) is 1. The number of hydrogen-bond donors (Lipinski definition) is 1. The van der Waals surface area contributed by atoms with Crippen molar-refractivity contribution in [2.75, 3.05) is 20.2 Å². The molecule has 5 nitrogen and oxygen atoms in total. The third-order valence-corrected chi connectivity index (χ3v) is 4.68. The molecular weight excluding hydrogens is 337 g/mol. The minimum Gasteiger partial charge on any atom is -0.497 e. The van der Waals surface area contributed by atoms with Crippen LogP contribution in [0.2, 0.25) is 0 Å². The van der Waals surface area contributed by atoms with E-state index in [0.717, 1.165) is 5.56 Å². The Hall–Kier alpha value is -2.89. The number of nitrogens with zero attached hydrogens (tertiary/aromatic N) is 1. The van der Waals surface area contributed by atoms with Crippen LogP contribution in [0.15, 0.2) is 42.5 Å². The molecule has 1 N–H and O–H groups in total. The van der Waals surface area contributed by atoms with Crippen molar-refractivity contribution < 1.29 is 23.8 Å². The average Bonchev–Trinajstić information content (AvgIpc) is 2.67. The Morgan fingerprint density at radius 3 is 2.46 bits per heavy atom. The van der Waals surface area contributed by atoms with Crippen LogP contribution in [0.5, 0.6) is 5.75 Å². The van der Waals surface area contributed by atoms with Gasteiger partial charge in [-0.05, 0) is 48.2 Å². The summed E-state index contributed by atoms with van der Waals surface area (Å²) in [6, 6.07) is 11.7. The zero-order valence-corrected chi connectivity index (χ0v) is 14.4. The molecule has 1 unspecified atom stereocenters. The van der Waals surface area contributed by atoms with Crippen molar-refractivity contribution in [3.63, 3.8) is 0 Å². The molecule has 1 amide bonds. The van der Waals surface area contributed by atoms with E-state index in [1.807, 2.05) is 12.1 Å². The van der Waals surface area contributed by atoms with Gasteiger partial charge in [-0.1, -0.05) is 18.2 Å². The van der Waals surface area contributed by atoms with Crippen LogP contribution in [-0.4, -0.2) is 42.1 Å². The Morgan fingerprint density at radius 1 is 1.15 bits per heavy atom. The molecule has 0 aromatic heterocycles. The summed E-state index contributed by atoms with van der Waals surface area (Å²) in [5.74, 6) is -1.87. The topological polar surface area (TPSA) is 66.8 Å². The van der Waals surface area contributed by atoms with Crippen molar-refractivity contribution in [1.82, 2.24) is 4.90 Å². The van der Waals surface area contributed by atoms with E-state index in [4.69, 9.17) is 9.84 Å². The van der Waals surface area contributed by atoms with E-state index < -0.39 is 23.6 Å². The molecule has 0 saturated carbocycles. The van der Waals surface area contributed by atoms with Gasteiger partial charge < -0.3 is 14.7 Å². The molecule has 0 radical (unpaired) electrons. The monoisotopic (exact) mass is 357 g/mol. The lowest BCUT2D eigenvalue weighted by Gasteiger charge is -2.30. The summed E-state index contributed by atoms with van der Waals surface area (Å²) >= 11 is 0. The van der Waals surface area contributed by atoms with Crippen molar-refractivity contribution in [3.05, 3.63) is 53.8 Å². The van der Waals surface area contributed by atoms with E-state index in [1.54, 1.807) is 25.3 Å². The number of carboxylic acids is 1. The highest BCUT2D eigenvalue weighted by Crippen LogP contribution is 2.26. The second-order valence-corrected chi connectivity index (χ2v) is 6.35. The number of ether oxygens (including phenoxy) is 1. The summed E-state index contributed by atoms with van der Waals surface area (Å²) in [7, 11) is 1.57. The van der Waals surface area contributed by atoms with Crippen molar-refractivity contribution in [2.24, 2.45) is 5.92 Å².